The van der Waals surface area contributed by atoms with E-state index in [1.54, 1.807) is 0 Å². The van der Waals surface area contributed by atoms with E-state index in [-0.39, 0.29) is 72.3 Å². The maximum absolute atomic E-state index is 10.9. The Morgan fingerprint density at radius 3 is 1.07 bits per heavy atom. The van der Waals surface area contributed by atoms with Crippen LogP contribution in [0.25, 0.3) is 0 Å². The molecule has 0 N–H and O–H groups in total. The van der Waals surface area contributed by atoms with Crippen molar-refractivity contribution >= 4 is 7.82 Å². The molecular weight excluding hydrogens is 593 g/mol. The van der Waals surface area contributed by atoms with Gasteiger partial charge in [0.15, 0.2) is 0 Å². The smallest absolute Gasteiger partial charge is 0.790 e. The van der Waals surface area contributed by atoms with Gasteiger partial charge < -0.3 is 28.3 Å². The van der Waals surface area contributed by atoms with E-state index >= 15 is 0 Å². The third kappa shape index (κ3) is 44.0. The van der Waals surface area contributed by atoms with Gasteiger partial charge in [0, 0.05) is 13.2 Å². The molecule has 0 aromatic rings. The zero-order valence-corrected chi connectivity index (χ0v) is 35.0. The molecule has 0 fully saturated rings. The standard InChI is InChI=1S/C35H73O6P.2Na/c1-3-5-7-9-11-13-15-17-19-21-23-25-27-29-31-39-33-35(34-41-42(36,37)38)40-32-30-28-26-24-22-20-18-16-14-12-10-8-6-4-2;;/h35H,3-34H2,1-2H3,(H2,36,37,38);;/q;2*+1/p-2. The first kappa shape index (κ1) is 50.4. The Hall–Kier alpha value is 2.03. The van der Waals surface area contributed by atoms with Crippen molar-refractivity contribution in [1.29, 1.82) is 0 Å². The van der Waals surface area contributed by atoms with Crippen molar-refractivity contribution in [2.24, 2.45) is 0 Å². The van der Waals surface area contributed by atoms with Gasteiger partial charge in [-0.3, -0.25) is 0 Å². The molecule has 0 aromatic carbocycles. The van der Waals surface area contributed by atoms with Crippen LogP contribution in [0, 0.1) is 0 Å². The van der Waals surface area contributed by atoms with E-state index in [9.17, 15) is 14.4 Å². The molecule has 1 unspecified atom stereocenters. The van der Waals surface area contributed by atoms with Crippen molar-refractivity contribution in [1.82, 2.24) is 0 Å². The molecule has 6 nitrogen and oxygen atoms in total. The number of phosphoric acid groups is 1. The SMILES string of the molecule is CCCCCCCCCCCCCCCCOCC(COP(=O)([O-])[O-])OCCCCCCCCCCCCCCCC.[Na+].[Na+]. The van der Waals surface area contributed by atoms with Crippen LogP contribution in [-0.2, 0) is 18.6 Å². The summed E-state index contributed by atoms with van der Waals surface area (Å²) in [4.78, 5) is 21.9. The number of hydrogen-bond donors (Lipinski definition) is 0. The minimum Gasteiger partial charge on any atom is -0.790 e. The molecule has 9 heteroatoms. The first-order chi connectivity index (χ1) is 20.5. The molecule has 1 atom stereocenters. The van der Waals surface area contributed by atoms with E-state index in [1.807, 2.05) is 0 Å². The molecule has 44 heavy (non-hydrogen) atoms. The van der Waals surface area contributed by atoms with Crippen molar-refractivity contribution in [3.8, 4) is 0 Å². The van der Waals surface area contributed by atoms with Gasteiger partial charge in [0.2, 0.25) is 0 Å². The molecule has 0 rings (SSSR count). The largest absolute Gasteiger partial charge is 1.00 e. The van der Waals surface area contributed by atoms with Crippen molar-refractivity contribution in [2.45, 2.75) is 200 Å². The number of rotatable bonds is 36. The van der Waals surface area contributed by atoms with Gasteiger partial charge in [0.1, 0.15) is 6.10 Å². The molecule has 0 saturated carbocycles. The van der Waals surface area contributed by atoms with Crippen molar-refractivity contribution in [3.63, 3.8) is 0 Å². The van der Waals surface area contributed by atoms with Gasteiger partial charge in [0.05, 0.1) is 21.0 Å². The molecule has 0 radical (unpaired) electrons. The fourth-order valence-corrected chi connectivity index (χ4v) is 5.83. The van der Waals surface area contributed by atoms with Crippen LogP contribution in [0.2, 0.25) is 0 Å². The van der Waals surface area contributed by atoms with Gasteiger partial charge >= 0.3 is 59.1 Å². The van der Waals surface area contributed by atoms with Gasteiger partial charge in [-0.25, -0.2) is 0 Å². The van der Waals surface area contributed by atoms with Gasteiger partial charge in [-0.15, -0.1) is 0 Å². The summed E-state index contributed by atoms with van der Waals surface area (Å²) >= 11 is 0. The molecule has 0 aliphatic carbocycles. The molecule has 0 spiro atoms. The Kier molecular flexibility index (Phi) is 47.2. The first-order valence-corrected chi connectivity index (χ1v) is 19.8. The van der Waals surface area contributed by atoms with Gasteiger partial charge in [0.25, 0.3) is 0 Å². The minimum absolute atomic E-state index is 0. The van der Waals surface area contributed by atoms with E-state index in [4.69, 9.17) is 9.47 Å². The van der Waals surface area contributed by atoms with Crippen molar-refractivity contribution < 1.29 is 87.5 Å². The van der Waals surface area contributed by atoms with Crippen LogP contribution in [0.4, 0.5) is 0 Å². The maximum atomic E-state index is 10.9. The summed E-state index contributed by atoms with van der Waals surface area (Å²) in [7, 11) is -5.01. The van der Waals surface area contributed by atoms with E-state index in [1.165, 1.54) is 154 Å². The number of phosphoric ester groups is 1. The monoisotopic (exact) mass is 664 g/mol. The average molecular weight is 665 g/mol. The number of hydrogen-bond acceptors (Lipinski definition) is 6. The zero-order chi connectivity index (χ0) is 30.8. The van der Waals surface area contributed by atoms with E-state index < -0.39 is 13.9 Å². The van der Waals surface area contributed by atoms with Crippen LogP contribution >= 0.6 is 7.82 Å². The Balaban J connectivity index is -0.00000840. The summed E-state index contributed by atoms with van der Waals surface area (Å²) in [6.07, 6.45) is 36.1. The summed E-state index contributed by atoms with van der Waals surface area (Å²) in [5.41, 5.74) is 0. The first-order valence-electron chi connectivity index (χ1n) is 18.4. The predicted molar refractivity (Wildman–Crippen MR) is 175 cm³/mol. The third-order valence-electron chi connectivity index (χ3n) is 8.22. The topological polar surface area (TPSA) is 90.9 Å². The van der Waals surface area contributed by atoms with E-state index in [0.717, 1.165) is 25.7 Å². The molecule has 0 heterocycles. The molecule has 254 valence electrons. The summed E-state index contributed by atoms with van der Waals surface area (Å²) in [6.45, 7) is 5.70. The van der Waals surface area contributed by atoms with Crippen molar-refractivity contribution in [2.75, 3.05) is 26.4 Å². The maximum Gasteiger partial charge on any atom is 1.00 e. The van der Waals surface area contributed by atoms with Gasteiger partial charge in [-0.2, -0.15) is 0 Å². The third-order valence-corrected chi connectivity index (χ3v) is 8.68. The van der Waals surface area contributed by atoms with Gasteiger partial charge in [-0.05, 0) is 12.8 Å². The van der Waals surface area contributed by atoms with Crippen molar-refractivity contribution in [3.05, 3.63) is 0 Å². The second kappa shape index (κ2) is 41.2. The van der Waals surface area contributed by atoms with Gasteiger partial charge in [-0.1, -0.05) is 181 Å². The number of unbranched alkanes of at least 4 members (excludes halogenated alkanes) is 26. The van der Waals surface area contributed by atoms with Crippen LogP contribution in [0.5, 0.6) is 0 Å². The molecule has 0 aliphatic heterocycles. The second-order valence-corrected chi connectivity index (χ2v) is 13.7. The van der Waals surface area contributed by atoms with Crippen LogP contribution < -0.4 is 68.9 Å². The Morgan fingerprint density at radius 1 is 0.455 bits per heavy atom. The summed E-state index contributed by atoms with van der Waals surface area (Å²) in [5.74, 6) is 0. The minimum atomic E-state index is -5.01. The van der Waals surface area contributed by atoms with E-state index in [0.29, 0.717) is 13.2 Å². The number of ether oxygens (including phenoxy) is 2. The van der Waals surface area contributed by atoms with Crippen LogP contribution in [0.15, 0.2) is 0 Å². The molecule has 0 aliphatic rings. The summed E-state index contributed by atoms with van der Waals surface area (Å²) in [5, 5.41) is 0. The molecule has 0 amide bonds. The van der Waals surface area contributed by atoms with Crippen LogP contribution in [0.3, 0.4) is 0 Å². The zero-order valence-electron chi connectivity index (χ0n) is 30.1. The average Bonchev–Trinajstić information content (AvgIpc) is 2.96. The second-order valence-electron chi connectivity index (χ2n) is 12.5. The predicted octanol–water partition coefficient (Wildman–Crippen LogP) is 4.20. The summed E-state index contributed by atoms with van der Waals surface area (Å²) in [6, 6.07) is 0. The molecule has 0 bridgehead atoms. The molecule has 0 saturated heterocycles. The Labute approximate surface area is 318 Å². The summed E-state index contributed by atoms with van der Waals surface area (Å²) < 4.78 is 27.0. The quantitative estimate of drug-likeness (QED) is 0.0567. The van der Waals surface area contributed by atoms with Crippen LogP contribution in [-0.4, -0.2) is 32.5 Å². The van der Waals surface area contributed by atoms with E-state index in [2.05, 4.69) is 18.4 Å². The molecular formula is C35H71Na2O6P. The molecule has 0 aromatic heterocycles. The Bertz CT molecular complexity index is 567. The fraction of sp³-hybridized carbons (Fsp3) is 1.00. The fourth-order valence-electron chi connectivity index (χ4n) is 5.48. The normalized spacial score (nSPS) is 12.2. The Morgan fingerprint density at radius 2 is 0.750 bits per heavy atom. The van der Waals surface area contributed by atoms with Crippen LogP contribution in [0.1, 0.15) is 194 Å².